The van der Waals surface area contributed by atoms with Gasteiger partial charge < -0.3 is 9.84 Å². The Kier molecular flexibility index (Phi) is 5.83. The van der Waals surface area contributed by atoms with Crippen LogP contribution in [0, 0.1) is 5.82 Å². The molecule has 0 aromatic carbocycles. The average molecular weight is 363 g/mol. The molecule has 1 aromatic heterocycles. The minimum absolute atomic E-state index is 0.0281. The Morgan fingerprint density at radius 3 is 2.62 bits per heavy atom. The number of aromatic nitrogens is 1. The number of nitrogens with one attached hydrogen (secondary N) is 1. The van der Waals surface area contributed by atoms with Gasteiger partial charge in [0.25, 0.3) is 0 Å². The second-order valence-corrected chi connectivity index (χ2v) is 6.72. The maximum atomic E-state index is 13.8. The van der Waals surface area contributed by atoms with E-state index in [1.807, 2.05) is 20.8 Å². The standard InChI is InChI=1S/C14H20BrFN2O3/c1-13(2,3)21-8-14(4,12(19)20)18-7-9-5-6-17-11(15)10(9)16/h5-6,18H,7-8H2,1-4H3,(H,19,20). The van der Waals surface area contributed by atoms with Crippen LogP contribution in [0.25, 0.3) is 0 Å². The van der Waals surface area contributed by atoms with Gasteiger partial charge >= 0.3 is 5.97 Å². The minimum atomic E-state index is -1.31. The quantitative estimate of drug-likeness (QED) is 0.761. The number of nitrogens with zero attached hydrogens (tertiary/aromatic N) is 1. The van der Waals surface area contributed by atoms with Crippen molar-refractivity contribution < 1.29 is 19.0 Å². The lowest BCUT2D eigenvalue weighted by Crippen LogP contribution is -2.54. The fraction of sp³-hybridized carbons (Fsp3) is 0.571. The molecule has 21 heavy (non-hydrogen) atoms. The molecule has 0 amide bonds. The van der Waals surface area contributed by atoms with Gasteiger partial charge in [0.15, 0.2) is 5.82 Å². The Labute approximate surface area is 132 Å². The molecule has 0 aliphatic heterocycles. The molecule has 118 valence electrons. The summed E-state index contributed by atoms with van der Waals surface area (Å²) in [5.41, 5.74) is -1.43. The van der Waals surface area contributed by atoms with E-state index in [1.165, 1.54) is 19.2 Å². The van der Waals surface area contributed by atoms with E-state index < -0.39 is 22.9 Å². The number of aliphatic carboxylic acids is 1. The number of rotatable bonds is 6. The van der Waals surface area contributed by atoms with Crippen molar-refractivity contribution in [2.75, 3.05) is 6.61 Å². The zero-order valence-electron chi connectivity index (χ0n) is 12.5. The topological polar surface area (TPSA) is 71.5 Å². The second-order valence-electron chi connectivity index (χ2n) is 5.97. The predicted molar refractivity (Wildman–Crippen MR) is 80.5 cm³/mol. The number of hydrogen-bond acceptors (Lipinski definition) is 4. The molecule has 0 aliphatic rings. The minimum Gasteiger partial charge on any atom is -0.480 e. The molecule has 0 radical (unpaired) electrons. The third-order valence-electron chi connectivity index (χ3n) is 2.86. The van der Waals surface area contributed by atoms with Crippen molar-refractivity contribution in [3.05, 3.63) is 28.2 Å². The first-order chi connectivity index (χ1) is 9.55. The summed E-state index contributed by atoms with van der Waals surface area (Å²) in [6.07, 6.45) is 1.45. The van der Waals surface area contributed by atoms with Gasteiger partial charge in [-0.3, -0.25) is 10.1 Å². The van der Waals surface area contributed by atoms with Crippen LogP contribution >= 0.6 is 15.9 Å². The summed E-state index contributed by atoms with van der Waals surface area (Å²) in [4.78, 5) is 15.2. The average Bonchev–Trinajstić information content (AvgIpc) is 2.37. The van der Waals surface area contributed by atoms with E-state index in [1.54, 1.807) is 0 Å². The van der Waals surface area contributed by atoms with Gasteiger partial charge in [-0.05, 0) is 49.7 Å². The van der Waals surface area contributed by atoms with Crippen LogP contribution in [0.4, 0.5) is 4.39 Å². The van der Waals surface area contributed by atoms with Crippen LogP contribution in [0.2, 0.25) is 0 Å². The molecular weight excluding hydrogens is 343 g/mol. The monoisotopic (exact) mass is 362 g/mol. The summed E-state index contributed by atoms with van der Waals surface area (Å²) in [6, 6.07) is 1.50. The van der Waals surface area contributed by atoms with Crippen LogP contribution in [0.5, 0.6) is 0 Å². The Morgan fingerprint density at radius 2 is 2.10 bits per heavy atom. The molecule has 5 nitrogen and oxygen atoms in total. The van der Waals surface area contributed by atoms with Gasteiger partial charge in [0.1, 0.15) is 10.1 Å². The molecule has 0 aliphatic carbocycles. The molecule has 0 spiro atoms. The molecule has 0 saturated carbocycles. The van der Waals surface area contributed by atoms with Crippen molar-refractivity contribution in [3.8, 4) is 0 Å². The highest BCUT2D eigenvalue weighted by Gasteiger charge is 2.34. The number of hydrogen-bond donors (Lipinski definition) is 2. The Balaban J connectivity index is 2.79. The zero-order chi connectivity index (χ0) is 16.3. The summed E-state index contributed by atoms with van der Waals surface area (Å²) in [5, 5.41) is 12.2. The lowest BCUT2D eigenvalue weighted by Gasteiger charge is -2.30. The van der Waals surface area contributed by atoms with E-state index in [0.717, 1.165) is 0 Å². The van der Waals surface area contributed by atoms with Crippen LogP contribution in [0.15, 0.2) is 16.9 Å². The maximum Gasteiger partial charge on any atom is 0.326 e. The van der Waals surface area contributed by atoms with Gasteiger partial charge in [-0.2, -0.15) is 0 Å². The highest BCUT2D eigenvalue weighted by molar-refractivity contribution is 9.10. The molecule has 1 heterocycles. The Hall–Kier alpha value is -1.05. The normalized spacial score (nSPS) is 14.8. The maximum absolute atomic E-state index is 13.8. The summed E-state index contributed by atoms with van der Waals surface area (Å²) in [5.74, 6) is -1.56. The van der Waals surface area contributed by atoms with Crippen LogP contribution in [0.1, 0.15) is 33.3 Å². The Bertz CT molecular complexity index is 519. The molecule has 0 saturated heterocycles. The molecule has 1 unspecified atom stereocenters. The van der Waals surface area contributed by atoms with Gasteiger partial charge in [0.05, 0.1) is 12.2 Å². The number of pyridine rings is 1. The SMILES string of the molecule is CC(C)(C)OCC(C)(NCc1ccnc(Br)c1F)C(=O)O. The van der Waals surface area contributed by atoms with Gasteiger partial charge in [0.2, 0.25) is 0 Å². The van der Waals surface area contributed by atoms with Crippen molar-refractivity contribution in [1.29, 1.82) is 0 Å². The first-order valence-electron chi connectivity index (χ1n) is 6.46. The second kappa shape index (κ2) is 6.81. The number of carboxylic acids is 1. The number of carbonyl (C=O) groups is 1. The van der Waals surface area contributed by atoms with Crippen LogP contribution < -0.4 is 5.32 Å². The third kappa shape index (κ3) is 5.33. The van der Waals surface area contributed by atoms with Crippen molar-refractivity contribution in [2.45, 2.75) is 45.4 Å². The van der Waals surface area contributed by atoms with E-state index in [0.29, 0.717) is 5.56 Å². The van der Waals surface area contributed by atoms with Crippen molar-refractivity contribution in [1.82, 2.24) is 10.3 Å². The fourth-order valence-electron chi connectivity index (χ4n) is 1.43. The highest BCUT2D eigenvalue weighted by Crippen LogP contribution is 2.18. The van der Waals surface area contributed by atoms with E-state index in [4.69, 9.17) is 4.74 Å². The van der Waals surface area contributed by atoms with Crippen LogP contribution in [-0.2, 0) is 16.1 Å². The molecule has 2 N–H and O–H groups in total. The Morgan fingerprint density at radius 1 is 1.48 bits per heavy atom. The molecule has 0 bridgehead atoms. The summed E-state index contributed by atoms with van der Waals surface area (Å²) in [6.45, 7) is 7.07. The lowest BCUT2D eigenvalue weighted by molar-refractivity contribution is -0.149. The third-order valence-corrected chi connectivity index (χ3v) is 3.41. The van der Waals surface area contributed by atoms with Crippen LogP contribution in [0.3, 0.4) is 0 Å². The molecule has 1 aromatic rings. The summed E-state index contributed by atoms with van der Waals surface area (Å²) >= 11 is 3.00. The first kappa shape index (κ1) is 18.0. The molecule has 0 fully saturated rings. The zero-order valence-corrected chi connectivity index (χ0v) is 14.1. The highest BCUT2D eigenvalue weighted by atomic mass is 79.9. The van der Waals surface area contributed by atoms with Crippen molar-refractivity contribution in [2.24, 2.45) is 0 Å². The van der Waals surface area contributed by atoms with E-state index in [2.05, 4.69) is 26.2 Å². The molecule has 1 rings (SSSR count). The molecular formula is C14H20BrFN2O3. The van der Waals surface area contributed by atoms with Crippen molar-refractivity contribution in [3.63, 3.8) is 0 Å². The molecule has 1 atom stereocenters. The largest absolute Gasteiger partial charge is 0.480 e. The van der Waals surface area contributed by atoms with Crippen molar-refractivity contribution >= 4 is 21.9 Å². The van der Waals surface area contributed by atoms with E-state index in [9.17, 15) is 14.3 Å². The van der Waals surface area contributed by atoms with Gasteiger partial charge in [-0.15, -0.1) is 0 Å². The van der Waals surface area contributed by atoms with Gasteiger partial charge in [0, 0.05) is 18.3 Å². The number of ether oxygens (including phenoxy) is 1. The summed E-state index contributed by atoms with van der Waals surface area (Å²) in [7, 11) is 0. The smallest absolute Gasteiger partial charge is 0.326 e. The lowest BCUT2D eigenvalue weighted by atomic mass is 10.0. The van der Waals surface area contributed by atoms with Crippen LogP contribution in [-0.4, -0.2) is 33.8 Å². The number of halogens is 2. The van der Waals surface area contributed by atoms with E-state index in [-0.39, 0.29) is 17.8 Å². The number of carboxylic acid groups (broad SMARTS) is 1. The molecule has 7 heteroatoms. The first-order valence-corrected chi connectivity index (χ1v) is 7.26. The fourth-order valence-corrected chi connectivity index (χ4v) is 1.80. The summed E-state index contributed by atoms with van der Waals surface area (Å²) < 4.78 is 19.5. The van der Waals surface area contributed by atoms with E-state index >= 15 is 0 Å². The van der Waals surface area contributed by atoms with Gasteiger partial charge in [-0.1, -0.05) is 0 Å². The van der Waals surface area contributed by atoms with Gasteiger partial charge in [-0.25, -0.2) is 9.37 Å². The predicted octanol–water partition coefficient (Wildman–Crippen LogP) is 2.73.